The first-order valence-electron chi connectivity index (χ1n) is 5.00. The van der Waals surface area contributed by atoms with Crippen molar-refractivity contribution < 1.29 is 14.3 Å². The Morgan fingerprint density at radius 1 is 1.50 bits per heavy atom. The number of aryl methyl sites for hydroxylation is 1. The summed E-state index contributed by atoms with van der Waals surface area (Å²) >= 11 is 5.42. The Kier molecular flexibility index (Phi) is 4.77. The Bertz CT molecular complexity index is 377. The number of halogens is 1. The second-order valence-corrected chi connectivity index (χ2v) is 3.98. The molecular weight excluding hydrogens is 228 g/mol. The van der Waals surface area contributed by atoms with E-state index in [1.165, 1.54) is 0 Å². The highest BCUT2D eigenvalue weighted by Gasteiger charge is 2.08. The van der Waals surface area contributed by atoms with Crippen LogP contribution < -0.4 is 4.74 Å². The smallest absolute Gasteiger partial charge is 0.252 e. The fraction of sp³-hybridized carbons (Fsp3) is 0.417. The van der Waals surface area contributed by atoms with E-state index in [1.54, 1.807) is 25.3 Å². The minimum atomic E-state index is -0.450. The first-order valence-corrected chi connectivity index (χ1v) is 5.38. The lowest BCUT2D eigenvalue weighted by Crippen LogP contribution is -2.18. The topological polar surface area (TPSA) is 35.5 Å². The predicted octanol–water partition coefficient (Wildman–Crippen LogP) is 2.79. The average molecular weight is 243 g/mol. The molecule has 0 saturated heterocycles. The summed E-state index contributed by atoms with van der Waals surface area (Å²) in [6.07, 6.45) is -0.0260. The Morgan fingerprint density at radius 2 is 2.19 bits per heavy atom. The molecular formula is C12H15ClO3. The third-order valence-electron chi connectivity index (χ3n) is 2.15. The van der Waals surface area contributed by atoms with Gasteiger partial charge in [-0.25, -0.2) is 0 Å². The molecule has 1 aromatic carbocycles. The number of hydrogen-bond acceptors (Lipinski definition) is 3. The Labute approximate surface area is 100 Å². The summed E-state index contributed by atoms with van der Waals surface area (Å²) in [5.41, 5.74) is 1.32. The van der Waals surface area contributed by atoms with Crippen molar-refractivity contribution in [3.63, 3.8) is 0 Å². The van der Waals surface area contributed by atoms with Crippen molar-refractivity contribution in [3.8, 4) is 5.75 Å². The number of methoxy groups -OCH3 is 1. The van der Waals surface area contributed by atoms with E-state index in [2.05, 4.69) is 0 Å². The highest BCUT2D eigenvalue weighted by molar-refractivity contribution is 6.67. The van der Waals surface area contributed by atoms with Gasteiger partial charge in [-0.3, -0.25) is 4.79 Å². The maximum atomic E-state index is 11.0. The molecule has 0 aromatic heterocycles. The van der Waals surface area contributed by atoms with Gasteiger partial charge in [-0.15, -0.1) is 0 Å². The largest absolute Gasteiger partial charge is 0.488 e. The zero-order valence-electron chi connectivity index (χ0n) is 9.62. The van der Waals surface area contributed by atoms with Gasteiger partial charge in [0, 0.05) is 12.7 Å². The molecule has 0 aliphatic heterocycles. The standard InChI is InChI=1S/C12H15ClO3/c1-8-6-10(16-9(2)7-15-3)4-5-11(8)12(13)14/h4-6,9H,7H2,1-3H3. The van der Waals surface area contributed by atoms with Gasteiger partial charge in [0.15, 0.2) is 0 Å². The van der Waals surface area contributed by atoms with Crippen LogP contribution in [0.15, 0.2) is 18.2 Å². The van der Waals surface area contributed by atoms with Crippen LogP contribution in [0.4, 0.5) is 0 Å². The number of benzene rings is 1. The second-order valence-electron chi connectivity index (χ2n) is 3.63. The number of rotatable bonds is 5. The molecule has 0 aliphatic rings. The van der Waals surface area contributed by atoms with Crippen molar-refractivity contribution >= 4 is 16.8 Å². The van der Waals surface area contributed by atoms with Crippen LogP contribution in [0.5, 0.6) is 5.75 Å². The van der Waals surface area contributed by atoms with E-state index < -0.39 is 5.24 Å². The SMILES string of the molecule is COCC(C)Oc1ccc(C(=O)Cl)c(C)c1. The van der Waals surface area contributed by atoms with Crippen molar-refractivity contribution in [2.45, 2.75) is 20.0 Å². The molecule has 0 radical (unpaired) electrons. The van der Waals surface area contributed by atoms with Crippen LogP contribution in [0.1, 0.15) is 22.8 Å². The first kappa shape index (κ1) is 13.0. The van der Waals surface area contributed by atoms with Gasteiger partial charge in [0.25, 0.3) is 5.24 Å². The maximum absolute atomic E-state index is 11.0. The van der Waals surface area contributed by atoms with Crippen LogP contribution in [0.25, 0.3) is 0 Å². The fourth-order valence-corrected chi connectivity index (χ4v) is 1.64. The van der Waals surface area contributed by atoms with Gasteiger partial charge in [-0.05, 0) is 49.2 Å². The van der Waals surface area contributed by atoms with Gasteiger partial charge in [-0.2, -0.15) is 0 Å². The minimum absolute atomic E-state index is 0.0260. The highest BCUT2D eigenvalue weighted by Crippen LogP contribution is 2.19. The molecule has 1 unspecified atom stereocenters. The molecule has 1 atom stereocenters. The lowest BCUT2D eigenvalue weighted by molar-refractivity contribution is 0.0920. The van der Waals surface area contributed by atoms with E-state index in [0.29, 0.717) is 17.9 Å². The normalized spacial score (nSPS) is 12.2. The van der Waals surface area contributed by atoms with Gasteiger partial charge < -0.3 is 9.47 Å². The van der Waals surface area contributed by atoms with Gasteiger partial charge >= 0.3 is 0 Å². The van der Waals surface area contributed by atoms with Crippen LogP contribution in [0.2, 0.25) is 0 Å². The van der Waals surface area contributed by atoms with Gasteiger partial charge in [0.2, 0.25) is 0 Å². The Hall–Kier alpha value is -1.06. The van der Waals surface area contributed by atoms with Crippen LogP contribution in [0, 0.1) is 6.92 Å². The van der Waals surface area contributed by atoms with E-state index in [1.807, 2.05) is 13.8 Å². The average Bonchev–Trinajstić information content (AvgIpc) is 2.17. The zero-order valence-corrected chi connectivity index (χ0v) is 10.4. The molecule has 1 rings (SSSR count). The van der Waals surface area contributed by atoms with Crippen molar-refractivity contribution in [3.05, 3.63) is 29.3 Å². The molecule has 1 aromatic rings. The van der Waals surface area contributed by atoms with Gasteiger partial charge in [0.05, 0.1) is 6.61 Å². The van der Waals surface area contributed by atoms with Gasteiger partial charge in [0.1, 0.15) is 11.9 Å². The summed E-state index contributed by atoms with van der Waals surface area (Å²) in [6, 6.07) is 5.19. The third kappa shape index (κ3) is 3.51. The lowest BCUT2D eigenvalue weighted by atomic mass is 10.1. The quantitative estimate of drug-likeness (QED) is 0.745. The summed E-state index contributed by atoms with van der Waals surface area (Å²) in [7, 11) is 1.63. The number of carbonyl (C=O) groups excluding carboxylic acids is 1. The molecule has 0 N–H and O–H groups in total. The molecule has 0 amide bonds. The molecule has 4 heteroatoms. The summed E-state index contributed by atoms with van der Waals surface area (Å²) in [4.78, 5) is 11.0. The minimum Gasteiger partial charge on any atom is -0.488 e. The van der Waals surface area contributed by atoms with E-state index in [-0.39, 0.29) is 6.10 Å². The lowest BCUT2D eigenvalue weighted by Gasteiger charge is -2.14. The summed E-state index contributed by atoms with van der Waals surface area (Å²) < 4.78 is 10.6. The van der Waals surface area contributed by atoms with E-state index in [0.717, 1.165) is 5.56 Å². The van der Waals surface area contributed by atoms with Crippen LogP contribution in [-0.2, 0) is 4.74 Å². The molecule has 0 bridgehead atoms. The molecule has 0 saturated carbocycles. The number of hydrogen-bond donors (Lipinski definition) is 0. The molecule has 16 heavy (non-hydrogen) atoms. The van der Waals surface area contributed by atoms with Gasteiger partial charge in [-0.1, -0.05) is 0 Å². The first-order chi connectivity index (χ1) is 7.54. The van der Waals surface area contributed by atoms with Crippen molar-refractivity contribution in [1.29, 1.82) is 0 Å². The number of ether oxygens (including phenoxy) is 2. The number of carbonyl (C=O) groups is 1. The Morgan fingerprint density at radius 3 is 2.69 bits per heavy atom. The molecule has 88 valence electrons. The Balaban J connectivity index is 2.77. The second kappa shape index (κ2) is 5.87. The van der Waals surface area contributed by atoms with E-state index in [4.69, 9.17) is 21.1 Å². The molecule has 0 aliphatic carbocycles. The predicted molar refractivity (Wildman–Crippen MR) is 63.3 cm³/mol. The van der Waals surface area contributed by atoms with Crippen molar-refractivity contribution in [1.82, 2.24) is 0 Å². The zero-order chi connectivity index (χ0) is 12.1. The highest BCUT2D eigenvalue weighted by atomic mass is 35.5. The van der Waals surface area contributed by atoms with E-state index >= 15 is 0 Å². The molecule has 3 nitrogen and oxygen atoms in total. The van der Waals surface area contributed by atoms with Crippen LogP contribution >= 0.6 is 11.6 Å². The van der Waals surface area contributed by atoms with E-state index in [9.17, 15) is 4.79 Å². The molecule has 0 fully saturated rings. The summed E-state index contributed by atoms with van der Waals surface area (Å²) in [5.74, 6) is 0.712. The molecule has 0 heterocycles. The fourth-order valence-electron chi connectivity index (χ4n) is 1.43. The monoisotopic (exact) mass is 242 g/mol. The summed E-state index contributed by atoms with van der Waals surface area (Å²) in [5, 5.41) is -0.450. The van der Waals surface area contributed by atoms with Crippen LogP contribution in [0.3, 0.4) is 0 Å². The summed E-state index contributed by atoms with van der Waals surface area (Å²) in [6.45, 7) is 4.26. The van der Waals surface area contributed by atoms with Crippen molar-refractivity contribution in [2.75, 3.05) is 13.7 Å². The maximum Gasteiger partial charge on any atom is 0.252 e. The third-order valence-corrected chi connectivity index (χ3v) is 2.35. The van der Waals surface area contributed by atoms with Crippen LogP contribution in [-0.4, -0.2) is 25.1 Å². The van der Waals surface area contributed by atoms with Crippen molar-refractivity contribution in [2.24, 2.45) is 0 Å². The molecule has 0 spiro atoms.